The second-order valence-electron chi connectivity index (χ2n) is 11.9. The van der Waals surface area contributed by atoms with Crippen LogP contribution in [0.4, 0.5) is 0 Å². The first kappa shape index (κ1) is 31.1. The van der Waals surface area contributed by atoms with Gasteiger partial charge in [0.25, 0.3) is 0 Å². The maximum atomic E-state index is 3.98. The predicted molar refractivity (Wildman–Crippen MR) is 199 cm³/mol. The van der Waals surface area contributed by atoms with Crippen molar-refractivity contribution in [1.82, 2.24) is 0 Å². The molecule has 0 saturated carbocycles. The Morgan fingerprint density at radius 3 is 1.12 bits per heavy atom. The Hall–Kier alpha value is -2.35. The molecule has 5 aromatic rings. The molecule has 0 N–H and O–H groups in total. The molecule has 0 aliphatic rings. The lowest BCUT2D eigenvalue weighted by Gasteiger charge is -2.21. The van der Waals surface area contributed by atoms with E-state index in [0.717, 1.165) is 12.8 Å². The summed E-state index contributed by atoms with van der Waals surface area (Å²) in [5.41, 5.74) is 10.4. The van der Waals surface area contributed by atoms with Crippen LogP contribution in [0.25, 0.3) is 41.7 Å². The number of hydrogen-bond acceptors (Lipinski definition) is 2. The average molecular weight is 623 g/mol. The summed E-state index contributed by atoms with van der Waals surface area (Å²) >= 11 is 3.88. The number of rotatable bonds is 8. The summed E-state index contributed by atoms with van der Waals surface area (Å²) in [6.45, 7) is 18.7. The molecule has 0 unspecified atom stereocenters. The van der Waals surface area contributed by atoms with Gasteiger partial charge in [-0.2, -0.15) is 0 Å². The summed E-state index contributed by atoms with van der Waals surface area (Å²) in [4.78, 5) is 2.89. The number of thiophene rings is 2. The van der Waals surface area contributed by atoms with E-state index in [1.165, 1.54) is 98.9 Å². The van der Waals surface area contributed by atoms with Crippen LogP contribution in [0, 0.1) is 22.9 Å². The Morgan fingerprint density at radius 1 is 0.476 bits per heavy atom. The van der Waals surface area contributed by atoms with Gasteiger partial charge in [-0.05, 0) is 107 Å². The zero-order valence-corrected chi connectivity index (χ0v) is 30.6. The van der Waals surface area contributed by atoms with Gasteiger partial charge in [0.2, 0.25) is 0 Å². The van der Waals surface area contributed by atoms with Gasteiger partial charge in [0.05, 0.1) is 0 Å². The third-order valence-corrected chi connectivity index (χ3v) is 22.1. The van der Waals surface area contributed by atoms with Crippen LogP contribution in [0.1, 0.15) is 76.3 Å². The lowest BCUT2D eigenvalue weighted by atomic mass is 9.91. The van der Waals surface area contributed by atoms with Crippen molar-refractivity contribution in [2.24, 2.45) is 0 Å². The van der Waals surface area contributed by atoms with Crippen LogP contribution in [-0.4, -0.2) is 16.1 Å². The number of fused-ring (bicyclic) bond motifs is 4. The summed E-state index contributed by atoms with van der Waals surface area (Å²) in [5.74, 6) is 7.82. The van der Waals surface area contributed by atoms with Crippen LogP contribution in [0.3, 0.4) is 0 Å². The van der Waals surface area contributed by atoms with E-state index in [9.17, 15) is 0 Å². The van der Waals surface area contributed by atoms with Crippen LogP contribution in [0.15, 0.2) is 36.4 Å². The summed E-state index contributed by atoms with van der Waals surface area (Å²) in [5, 5.41) is 7.87. The van der Waals surface area contributed by atoms with Crippen molar-refractivity contribution in [1.29, 1.82) is 0 Å². The van der Waals surface area contributed by atoms with Gasteiger partial charge in [0, 0.05) is 41.1 Å². The maximum Gasteiger partial charge on any atom is 0.138 e. The molecule has 0 atom stereocenters. The van der Waals surface area contributed by atoms with E-state index in [-0.39, 0.29) is 0 Å². The van der Waals surface area contributed by atoms with Crippen LogP contribution in [0.5, 0.6) is 0 Å². The molecule has 4 heteroatoms. The fourth-order valence-electron chi connectivity index (χ4n) is 6.44. The van der Waals surface area contributed by atoms with E-state index in [1.807, 2.05) is 22.7 Å². The second-order valence-corrected chi connectivity index (χ2v) is 24.1. The Bertz CT molecular complexity index is 1640. The molecule has 0 saturated heterocycles. The van der Waals surface area contributed by atoms with E-state index in [1.54, 1.807) is 0 Å². The number of benzene rings is 3. The fourth-order valence-corrected chi connectivity index (χ4v) is 13.3. The van der Waals surface area contributed by atoms with Crippen molar-refractivity contribution in [3.8, 4) is 22.9 Å². The highest BCUT2D eigenvalue weighted by atomic mass is 32.1. The summed E-state index contributed by atoms with van der Waals surface area (Å²) < 4.78 is 2.74. The largest absolute Gasteiger partial charge is 0.140 e. The highest BCUT2D eigenvalue weighted by Crippen LogP contribution is 2.40. The minimum Gasteiger partial charge on any atom is -0.140 e. The molecule has 0 fully saturated rings. The third-order valence-electron chi connectivity index (χ3n) is 10.2. The molecule has 5 rings (SSSR count). The molecule has 3 aromatic carbocycles. The molecular weight excluding hydrogens is 577 g/mol. The van der Waals surface area contributed by atoms with Crippen molar-refractivity contribution in [2.45, 2.75) is 104 Å². The Balaban J connectivity index is 1.99. The van der Waals surface area contributed by atoms with Gasteiger partial charge in [-0.25, -0.2) is 0 Å². The van der Waals surface area contributed by atoms with Gasteiger partial charge < -0.3 is 0 Å². The molecule has 2 heterocycles. The van der Waals surface area contributed by atoms with E-state index >= 15 is 0 Å². The Morgan fingerprint density at radius 2 is 0.810 bits per heavy atom. The molecule has 218 valence electrons. The van der Waals surface area contributed by atoms with Crippen LogP contribution >= 0.6 is 22.7 Å². The van der Waals surface area contributed by atoms with Crippen LogP contribution in [-0.2, 0) is 12.8 Å². The van der Waals surface area contributed by atoms with Crippen molar-refractivity contribution in [3.05, 3.63) is 57.3 Å². The standard InChI is InChI=1S/C38H46S2Si2/c1-9-29-21-27-23-33-31(17-19-41(11-3,12-4)13-5)34-24-28-22-30(10-2)40-38(28)26-36(34)32(35(33)25-37(27)39-29)18-20-42(14-6,15-7)16-8/h21-26H,9-16H2,1-8H3. The van der Waals surface area contributed by atoms with Gasteiger partial charge in [-0.1, -0.05) is 67.2 Å². The Labute approximate surface area is 263 Å². The lowest BCUT2D eigenvalue weighted by Crippen LogP contribution is -2.29. The first-order valence-corrected chi connectivity index (χ1v) is 23.1. The van der Waals surface area contributed by atoms with Gasteiger partial charge in [-0.3, -0.25) is 0 Å². The molecular formula is C38H46S2Si2. The van der Waals surface area contributed by atoms with Gasteiger partial charge in [0.1, 0.15) is 16.1 Å². The van der Waals surface area contributed by atoms with Crippen molar-refractivity contribution in [2.75, 3.05) is 0 Å². The topological polar surface area (TPSA) is 0 Å². The van der Waals surface area contributed by atoms with Gasteiger partial charge in [-0.15, -0.1) is 33.8 Å². The first-order valence-electron chi connectivity index (χ1n) is 16.3. The average Bonchev–Trinajstić information content (AvgIpc) is 3.64. The van der Waals surface area contributed by atoms with Crippen molar-refractivity contribution in [3.63, 3.8) is 0 Å². The first-order chi connectivity index (χ1) is 20.3. The third kappa shape index (κ3) is 5.53. The van der Waals surface area contributed by atoms with Gasteiger partial charge in [0.15, 0.2) is 0 Å². The monoisotopic (exact) mass is 622 g/mol. The highest BCUT2D eigenvalue weighted by molar-refractivity contribution is 7.19. The molecule has 2 aromatic heterocycles. The SMILES string of the molecule is CCc1cc2cc3c(C#C[Si](CC)(CC)CC)c4cc5cc(CC)sc5cc4c(C#C[Si](CC)(CC)CC)c3cc2s1. The maximum absolute atomic E-state index is 3.98. The minimum absolute atomic E-state index is 1.07. The molecule has 0 aliphatic carbocycles. The Kier molecular flexibility index (Phi) is 9.41. The van der Waals surface area contributed by atoms with Crippen molar-refractivity contribution >= 4 is 80.5 Å². The smallest absolute Gasteiger partial charge is 0.138 e. The van der Waals surface area contributed by atoms with Crippen LogP contribution < -0.4 is 0 Å². The molecule has 0 bridgehead atoms. The summed E-state index contributed by atoms with van der Waals surface area (Å²) in [7, 11) is -3.27. The lowest BCUT2D eigenvalue weighted by molar-refractivity contribution is 1.19. The van der Waals surface area contributed by atoms with Crippen LogP contribution in [0.2, 0.25) is 36.3 Å². The van der Waals surface area contributed by atoms with E-state index in [4.69, 9.17) is 0 Å². The van der Waals surface area contributed by atoms with Crippen molar-refractivity contribution < 1.29 is 0 Å². The summed E-state index contributed by atoms with van der Waals surface area (Å²) in [6.07, 6.45) is 2.14. The zero-order valence-electron chi connectivity index (χ0n) is 26.9. The molecule has 42 heavy (non-hydrogen) atoms. The summed E-state index contributed by atoms with van der Waals surface area (Å²) in [6, 6.07) is 21.9. The molecule has 0 aliphatic heterocycles. The van der Waals surface area contributed by atoms with E-state index in [0.29, 0.717) is 0 Å². The van der Waals surface area contributed by atoms with Gasteiger partial charge >= 0.3 is 0 Å². The molecule has 0 nitrogen and oxygen atoms in total. The van der Waals surface area contributed by atoms with E-state index in [2.05, 4.69) is 115 Å². The number of hydrogen-bond donors (Lipinski definition) is 0. The predicted octanol–water partition coefficient (Wildman–Crippen LogP) is 12.3. The van der Waals surface area contributed by atoms with E-state index < -0.39 is 16.1 Å². The number of aryl methyl sites for hydroxylation is 2. The quantitative estimate of drug-likeness (QED) is 0.0917. The molecule has 0 amide bonds. The second kappa shape index (κ2) is 12.7. The fraction of sp³-hybridized carbons (Fsp3) is 0.421. The minimum atomic E-state index is -1.63. The zero-order chi connectivity index (χ0) is 30.1. The molecule has 0 spiro atoms. The highest BCUT2D eigenvalue weighted by Gasteiger charge is 2.26. The molecule has 0 radical (unpaired) electrons. The normalized spacial score (nSPS) is 12.2.